The van der Waals surface area contributed by atoms with Crippen LogP contribution in [0.25, 0.3) is 15.7 Å². The number of benzene rings is 1. The molecule has 0 atom stereocenters. The van der Waals surface area contributed by atoms with Gasteiger partial charge in [-0.15, -0.1) is 11.3 Å². The van der Waals surface area contributed by atoms with Crippen molar-refractivity contribution in [3.8, 4) is 0 Å². The van der Waals surface area contributed by atoms with E-state index in [0.717, 1.165) is 11.1 Å². The molecule has 3 heteroatoms. The van der Waals surface area contributed by atoms with Gasteiger partial charge in [-0.3, -0.25) is 4.79 Å². The van der Waals surface area contributed by atoms with Gasteiger partial charge >= 0.3 is 0 Å². The van der Waals surface area contributed by atoms with Gasteiger partial charge in [-0.05, 0) is 46.5 Å². The Morgan fingerprint density at radius 3 is 2.87 bits per heavy atom. The molecular weight excluding hydrogens is 228 g/mol. The molecule has 0 bridgehead atoms. The maximum Gasteiger partial charge on any atom is 0.245 e. The average Bonchev–Trinajstić information content (AvgIpc) is 2.59. The molecule has 15 heavy (non-hydrogen) atoms. The zero-order valence-electron chi connectivity index (χ0n) is 8.16. The molecule has 76 valence electrons. The Hall–Kier alpha value is -1.12. The van der Waals surface area contributed by atoms with Crippen molar-refractivity contribution >= 4 is 43.8 Å². The summed E-state index contributed by atoms with van der Waals surface area (Å²) in [5, 5.41) is 2.80. The van der Waals surface area contributed by atoms with E-state index in [1.54, 1.807) is 11.3 Å². The van der Waals surface area contributed by atoms with Crippen LogP contribution in [0.3, 0.4) is 0 Å². The van der Waals surface area contributed by atoms with E-state index in [1.165, 1.54) is 16.2 Å². The summed E-state index contributed by atoms with van der Waals surface area (Å²) in [6.45, 7) is 1.90. The summed E-state index contributed by atoms with van der Waals surface area (Å²) < 4.78 is 1.22. The van der Waals surface area contributed by atoms with Crippen molar-refractivity contribution in [3.63, 3.8) is 0 Å². The second-order valence-electron chi connectivity index (χ2n) is 3.28. The van der Waals surface area contributed by atoms with Gasteiger partial charge in [0, 0.05) is 10.8 Å². The number of carbonyl (C=O) groups excluding carboxylic acids is 1. The fourth-order valence-electron chi connectivity index (χ4n) is 1.53. The summed E-state index contributed by atoms with van der Waals surface area (Å²) in [7, 11) is 0. The van der Waals surface area contributed by atoms with Gasteiger partial charge < -0.3 is 0 Å². The number of fused-ring (bicyclic) bond motifs is 1. The fourth-order valence-corrected chi connectivity index (χ4v) is 2.71. The van der Waals surface area contributed by atoms with Crippen molar-refractivity contribution in [2.45, 2.75) is 6.92 Å². The van der Waals surface area contributed by atoms with Crippen LogP contribution in [-0.4, -0.2) is 5.24 Å². The summed E-state index contributed by atoms with van der Waals surface area (Å²) in [6.07, 6.45) is 1.45. The molecule has 0 N–H and O–H groups in total. The van der Waals surface area contributed by atoms with Gasteiger partial charge in [-0.2, -0.15) is 0 Å². The molecular formula is C12H9ClOS. The molecule has 0 saturated carbocycles. The molecule has 0 aliphatic carbocycles. The van der Waals surface area contributed by atoms with Gasteiger partial charge in [-0.1, -0.05) is 18.2 Å². The molecule has 0 spiro atoms. The largest absolute Gasteiger partial charge is 0.276 e. The van der Waals surface area contributed by atoms with Crippen LogP contribution in [0.1, 0.15) is 12.5 Å². The molecule has 0 amide bonds. The molecule has 0 aliphatic heterocycles. The zero-order valence-corrected chi connectivity index (χ0v) is 9.73. The Kier molecular flexibility index (Phi) is 2.89. The number of hydrogen-bond acceptors (Lipinski definition) is 2. The molecule has 1 aromatic carbocycles. The molecule has 0 saturated heterocycles. The van der Waals surface area contributed by atoms with E-state index in [1.807, 2.05) is 19.1 Å². The predicted molar refractivity (Wildman–Crippen MR) is 66.3 cm³/mol. The molecule has 2 rings (SSSR count). The monoisotopic (exact) mass is 236 g/mol. The van der Waals surface area contributed by atoms with Crippen molar-refractivity contribution in [1.82, 2.24) is 0 Å². The minimum Gasteiger partial charge on any atom is -0.276 e. The summed E-state index contributed by atoms with van der Waals surface area (Å²) in [5.41, 5.74) is 2.00. The lowest BCUT2D eigenvalue weighted by atomic mass is 10.1. The van der Waals surface area contributed by atoms with E-state index in [4.69, 9.17) is 11.6 Å². The highest BCUT2D eigenvalue weighted by Crippen LogP contribution is 2.30. The Morgan fingerprint density at radius 1 is 1.40 bits per heavy atom. The number of hydrogen-bond donors (Lipinski definition) is 0. The Bertz CT molecular complexity index is 539. The normalized spacial score (nSPS) is 12.0. The first kappa shape index (κ1) is 10.4. The molecule has 1 nitrogen and oxygen atoms in total. The molecule has 1 aromatic heterocycles. The van der Waals surface area contributed by atoms with Crippen LogP contribution in [0.15, 0.2) is 35.7 Å². The van der Waals surface area contributed by atoms with Crippen LogP contribution < -0.4 is 0 Å². The Balaban J connectivity index is 2.57. The molecule has 0 fully saturated rings. The smallest absolute Gasteiger partial charge is 0.245 e. The number of rotatable bonds is 2. The fraction of sp³-hybridized carbons (Fsp3) is 0.0833. The first-order valence-electron chi connectivity index (χ1n) is 4.53. The molecule has 0 radical (unpaired) electrons. The minimum absolute atomic E-state index is 0.428. The summed E-state index contributed by atoms with van der Waals surface area (Å²) in [5.74, 6) is 0. The standard InChI is InChI=1S/C12H9ClOS/c1-8(6-12(13)14)10-7-15-11-5-3-2-4-9(10)11/h2-7H,1H3. The highest BCUT2D eigenvalue weighted by atomic mass is 35.5. The quantitative estimate of drug-likeness (QED) is 0.568. The number of carbonyl (C=O) groups is 1. The predicted octanol–water partition coefficient (Wildman–Crippen LogP) is 4.07. The van der Waals surface area contributed by atoms with Crippen molar-refractivity contribution < 1.29 is 4.79 Å². The third-order valence-corrected chi connectivity index (χ3v) is 3.31. The minimum atomic E-state index is -0.428. The Labute approximate surface area is 97.0 Å². The van der Waals surface area contributed by atoms with Gasteiger partial charge in [0.2, 0.25) is 5.24 Å². The zero-order chi connectivity index (χ0) is 10.8. The summed E-state index contributed by atoms with van der Waals surface area (Å²) in [4.78, 5) is 10.8. The first-order valence-corrected chi connectivity index (χ1v) is 5.78. The van der Waals surface area contributed by atoms with Crippen molar-refractivity contribution in [3.05, 3.63) is 41.3 Å². The van der Waals surface area contributed by atoms with Crippen molar-refractivity contribution in [2.75, 3.05) is 0 Å². The first-order chi connectivity index (χ1) is 7.18. The number of thiophene rings is 1. The van der Waals surface area contributed by atoms with E-state index in [-0.39, 0.29) is 0 Å². The highest BCUT2D eigenvalue weighted by Gasteiger charge is 2.05. The van der Waals surface area contributed by atoms with Crippen LogP contribution >= 0.6 is 22.9 Å². The van der Waals surface area contributed by atoms with Gasteiger partial charge in [-0.25, -0.2) is 0 Å². The van der Waals surface area contributed by atoms with E-state index in [2.05, 4.69) is 17.5 Å². The maximum atomic E-state index is 10.8. The van der Waals surface area contributed by atoms with Crippen LogP contribution in [-0.2, 0) is 4.79 Å². The number of allylic oxidation sites excluding steroid dienone is 2. The summed E-state index contributed by atoms with van der Waals surface area (Å²) >= 11 is 7.00. The van der Waals surface area contributed by atoms with Crippen molar-refractivity contribution in [2.24, 2.45) is 0 Å². The molecule has 2 aromatic rings. The van der Waals surface area contributed by atoms with Gasteiger partial charge in [0.05, 0.1) is 0 Å². The van der Waals surface area contributed by atoms with Crippen LogP contribution in [0, 0.1) is 0 Å². The molecule has 1 heterocycles. The van der Waals surface area contributed by atoms with Crippen LogP contribution in [0.4, 0.5) is 0 Å². The lowest BCUT2D eigenvalue weighted by Gasteiger charge is -1.97. The topological polar surface area (TPSA) is 17.1 Å². The van der Waals surface area contributed by atoms with Gasteiger partial charge in [0.1, 0.15) is 0 Å². The second-order valence-corrected chi connectivity index (χ2v) is 4.56. The average molecular weight is 237 g/mol. The van der Waals surface area contributed by atoms with E-state index in [0.29, 0.717) is 0 Å². The third kappa shape index (κ3) is 2.11. The SMILES string of the molecule is CC(=CC(=O)Cl)c1csc2ccccc12. The Morgan fingerprint density at radius 2 is 2.13 bits per heavy atom. The molecule has 0 unspecified atom stereocenters. The van der Waals surface area contributed by atoms with Gasteiger partial charge in [0.15, 0.2) is 0 Å². The number of halogens is 1. The molecule has 0 aliphatic rings. The van der Waals surface area contributed by atoms with E-state index < -0.39 is 5.24 Å². The highest BCUT2D eigenvalue weighted by molar-refractivity contribution is 7.17. The lowest BCUT2D eigenvalue weighted by Crippen LogP contribution is -1.82. The second kappa shape index (κ2) is 4.17. The van der Waals surface area contributed by atoms with Crippen LogP contribution in [0.2, 0.25) is 0 Å². The summed E-state index contributed by atoms with van der Waals surface area (Å²) in [6, 6.07) is 8.12. The van der Waals surface area contributed by atoms with Gasteiger partial charge in [0.25, 0.3) is 0 Å². The lowest BCUT2D eigenvalue weighted by molar-refractivity contribution is -0.107. The van der Waals surface area contributed by atoms with Crippen LogP contribution in [0.5, 0.6) is 0 Å². The maximum absolute atomic E-state index is 10.8. The third-order valence-electron chi connectivity index (χ3n) is 2.24. The van der Waals surface area contributed by atoms with Crippen molar-refractivity contribution in [1.29, 1.82) is 0 Å². The van der Waals surface area contributed by atoms with E-state index >= 15 is 0 Å². The van der Waals surface area contributed by atoms with E-state index in [9.17, 15) is 4.79 Å².